The average molecular weight is 234 g/mol. The van der Waals surface area contributed by atoms with Crippen LogP contribution in [-0.4, -0.2) is 53.0 Å². The Morgan fingerprint density at radius 2 is 2.07 bits per heavy atom. The summed E-state index contributed by atoms with van der Waals surface area (Å²) in [6, 6.07) is -1.44. The van der Waals surface area contributed by atoms with E-state index in [0.29, 0.717) is 6.42 Å². The molecule has 88 valence electrons. The lowest BCUT2D eigenvalue weighted by atomic mass is 10.2. The first kappa shape index (κ1) is 14.2. The van der Waals surface area contributed by atoms with Crippen molar-refractivity contribution < 1.29 is 14.7 Å². The second kappa shape index (κ2) is 6.68. The summed E-state index contributed by atoms with van der Waals surface area (Å²) < 4.78 is 0. The van der Waals surface area contributed by atoms with Crippen LogP contribution in [0.5, 0.6) is 0 Å². The van der Waals surface area contributed by atoms with Crippen molar-refractivity contribution in [1.29, 1.82) is 0 Å². The maximum atomic E-state index is 11.6. The Kier molecular flexibility index (Phi) is 6.35. The maximum absolute atomic E-state index is 11.6. The van der Waals surface area contributed by atoms with Crippen LogP contribution in [0.25, 0.3) is 0 Å². The van der Waals surface area contributed by atoms with Gasteiger partial charge in [0.05, 0.1) is 6.04 Å². The molecule has 0 aromatic rings. The highest BCUT2D eigenvalue weighted by Gasteiger charge is 2.25. The second-order valence-corrected chi connectivity index (χ2v) is 4.34. The Morgan fingerprint density at radius 1 is 1.53 bits per heavy atom. The van der Waals surface area contributed by atoms with E-state index in [4.69, 9.17) is 10.8 Å². The smallest absolute Gasteiger partial charge is 0.326 e. The third-order valence-electron chi connectivity index (χ3n) is 2.24. The number of likely N-dealkylation sites (N-methyl/N-ethyl adjacent to an activating group) is 1. The molecule has 0 spiro atoms. The van der Waals surface area contributed by atoms with Crippen LogP contribution in [0.1, 0.15) is 13.3 Å². The van der Waals surface area contributed by atoms with Gasteiger partial charge in [0.25, 0.3) is 0 Å². The van der Waals surface area contributed by atoms with Gasteiger partial charge in [-0.05, 0) is 25.4 Å². The van der Waals surface area contributed by atoms with Crippen LogP contribution < -0.4 is 5.73 Å². The summed E-state index contributed by atoms with van der Waals surface area (Å²) in [5.74, 6) is -0.552. The Labute approximate surface area is 94.0 Å². The predicted octanol–water partition coefficient (Wildman–Crippen LogP) is -0.00170. The van der Waals surface area contributed by atoms with Gasteiger partial charge in [0, 0.05) is 7.05 Å². The van der Waals surface area contributed by atoms with Gasteiger partial charge in [0.2, 0.25) is 5.91 Å². The molecule has 5 nitrogen and oxygen atoms in total. The first-order chi connectivity index (χ1) is 6.91. The van der Waals surface area contributed by atoms with E-state index in [1.807, 2.05) is 6.26 Å². The number of hydrogen-bond donors (Lipinski definition) is 2. The molecule has 6 heteroatoms. The highest BCUT2D eigenvalue weighted by Crippen LogP contribution is 2.04. The van der Waals surface area contributed by atoms with E-state index in [1.54, 1.807) is 11.8 Å². The van der Waals surface area contributed by atoms with E-state index in [9.17, 15) is 9.59 Å². The van der Waals surface area contributed by atoms with E-state index in [0.717, 1.165) is 5.75 Å². The Balaban J connectivity index is 4.24. The van der Waals surface area contributed by atoms with Crippen molar-refractivity contribution in [2.24, 2.45) is 5.73 Å². The summed E-state index contributed by atoms with van der Waals surface area (Å²) in [7, 11) is 1.46. The topological polar surface area (TPSA) is 83.6 Å². The van der Waals surface area contributed by atoms with Crippen molar-refractivity contribution in [3.8, 4) is 0 Å². The van der Waals surface area contributed by atoms with Crippen molar-refractivity contribution in [3.63, 3.8) is 0 Å². The molecule has 0 rings (SSSR count). The van der Waals surface area contributed by atoms with Crippen LogP contribution in [0.15, 0.2) is 0 Å². The largest absolute Gasteiger partial charge is 0.480 e. The lowest BCUT2D eigenvalue weighted by Crippen LogP contribution is -2.48. The van der Waals surface area contributed by atoms with Crippen LogP contribution in [-0.2, 0) is 9.59 Å². The SMILES string of the molecule is CSCC[C@H](N)C(=O)N(C)C(C)C(=O)O. The molecule has 0 bridgehead atoms. The molecule has 1 unspecified atom stereocenters. The monoisotopic (exact) mass is 234 g/mol. The van der Waals surface area contributed by atoms with E-state index >= 15 is 0 Å². The van der Waals surface area contributed by atoms with Crippen LogP contribution in [0.3, 0.4) is 0 Å². The minimum absolute atomic E-state index is 0.320. The molecule has 0 aliphatic carbocycles. The first-order valence-corrected chi connectivity index (χ1v) is 6.05. The highest BCUT2D eigenvalue weighted by molar-refractivity contribution is 7.98. The predicted molar refractivity (Wildman–Crippen MR) is 60.8 cm³/mol. The number of carboxylic acid groups (broad SMARTS) is 1. The molecule has 1 amide bonds. The highest BCUT2D eigenvalue weighted by atomic mass is 32.2. The number of carboxylic acids is 1. The Hall–Kier alpha value is -0.750. The van der Waals surface area contributed by atoms with Gasteiger partial charge in [-0.25, -0.2) is 4.79 Å². The third-order valence-corrected chi connectivity index (χ3v) is 2.88. The number of nitrogens with two attached hydrogens (primary N) is 1. The Morgan fingerprint density at radius 3 is 2.47 bits per heavy atom. The van der Waals surface area contributed by atoms with E-state index < -0.39 is 18.1 Å². The van der Waals surface area contributed by atoms with Gasteiger partial charge in [-0.1, -0.05) is 0 Å². The van der Waals surface area contributed by atoms with Crippen LogP contribution in [0.2, 0.25) is 0 Å². The maximum Gasteiger partial charge on any atom is 0.326 e. The summed E-state index contributed by atoms with van der Waals surface area (Å²) in [6.45, 7) is 1.46. The molecule has 0 aliphatic rings. The van der Waals surface area contributed by atoms with Crippen molar-refractivity contribution in [2.75, 3.05) is 19.1 Å². The second-order valence-electron chi connectivity index (χ2n) is 3.35. The number of carbonyl (C=O) groups excluding carboxylic acids is 1. The molecule has 2 atom stereocenters. The van der Waals surface area contributed by atoms with Gasteiger partial charge in [-0.15, -0.1) is 0 Å². The number of nitrogens with zero attached hydrogens (tertiary/aromatic N) is 1. The van der Waals surface area contributed by atoms with Crippen molar-refractivity contribution in [2.45, 2.75) is 25.4 Å². The zero-order valence-corrected chi connectivity index (χ0v) is 10.1. The van der Waals surface area contributed by atoms with Gasteiger partial charge in [0.1, 0.15) is 6.04 Å². The zero-order chi connectivity index (χ0) is 12.0. The molecule has 0 aromatic heterocycles. The van der Waals surface area contributed by atoms with E-state index in [-0.39, 0.29) is 5.91 Å². The van der Waals surface area contributed by atoms with Crippen LogP contribution in [0.4, 0.5) is 0 Å². The standard InChI is InChI=1S/C9H18N2O3S/c1-6(9(13)14)11(2)8(12)7(10)4-5-15-3/h6-7H,4-5,10H2,1-3H3,(H,13,14)/t6?,7-/m0/s1. The summed E-state index contributed by atoms with van der Waals surface area (Å²) >= 11 is 1.61. The van der Waals surface area contributed by atoms with Crippen molar-refractivity contribution in [3.05, 3.63) is 0 Å². The summed E-state index contributed by atoms with van der Waals surface area (Å²) in [5.41, 5.74) is 5.64. The quantitative estimate of drug-likeness (QED) is 0.676. The van der Waals surface area contributed by atoms with Crippen molar-refractivity contribution in [1.82, 2.24) is 4.90 Å². The van der Waals surface area contributed by atoms with E-state index in [2.05, 4.69) is 0 Å². The number of rotatable bonds is 6. The molecule has 0 saturated carbocycles. The van der Waals surface area contributed by atoms with Crippen LogP contribution >= 0.6 is 11.8 Å². The fraction of sp³-hybridized carbons (Fsp3) is 0.778. The molecule has 0 aliphatic heterocycles. The van der Waals surface area contributed by atoms with Gasteiger partial charge in [-0.2, -0.15) is 11.8 Å². The van der Waals surface area contributed by atoms with Crippen molar-refractivity contribution >= 4 is 23.6 Å². The van der Waals surface area contributed by atoms with Gasteiger partial charge >= 0.3 is 5.97 Å². The molecule has 0 aromatic carbocycles. The van der Waals surface area contributed by atoms with E-state index in [1.165, 1.54) is 18.9 Å². The lowest BCUT2D eigenvalue weighted by Gasteiger charge is -2.24. The minimum Gasteiger partial charge on any atom is -0.480 e. The zero-order valence-electron chi connectivity index (χ0n) is 9.27. The molecule has 3 N–H and O–H groups in total. The molecular weight excluding hydrogens is 216 g/mol. The number of aliphatic carboxylic acids is 1. The molecule has 0 radical (unpaired) electrons. The number of thioether (sulfide) groups is 1. The summed E-state index contributed by atoms with van der Waals surface area (Å²) in [6.07, 6.45) is 2.50. The Bertz CT molecular complexity index is 235. The first-order valence-electron chi connectivity index (χ1n) is 4.65. The fourth-order valence-electron chi connectivity index (χ4n) is 0.986. The normalized spacial score (nSPS) is 14.4. The molecule has 0 saturated heterocycles. The van der Waals surface area contributed by atoms with Crippen LogP contribution in [0, 0.1) is 0 Å². The number of carbonyl (C=O) groups is 2. The average Bonchev–Trinajstić information content (AvgIpc) is 2.22. The fourth-order valence-corrected chi connectivity index (χ4v) is 1.48. The van der Waals surface area contributed by atoms with Gasteiger partial charge in [0.15, 0.2) is 0 Å². The molecular formula is C9H18N2O3S. The molecule has 0 fully saturated rings. The van der Waals surface area contributed by atoms with Gasteiger partial charge < -0.3 is 15.7 Å². The summed E-state index contributed by atoms with van der Waals surface area (Å²) in [5, 5.41) is 8.72. The third kappa shape index (κ3) is 4.53. The summed E-state index contributed by atoms with van der Waals surface area (Å²) in [4.78, 5) is 23.4. The number of amides is 1. The molecule has 15 heavy (non-hydrogen) atoms. The molecule has 0 heterocycles. The van der Waals surface area contributed by atoms with Gasteiger partial charge in [-0.3, -0.25) is 4.79 Å². The number of hydrogen-bond acceptors (Lipinski definition) is 4. The minimum atomic E-state index is -1.03. The lowest BCUT2D eigenvalue weighted by molar-refractivity contribution is -0.148.